The van der Waals surface area contributed by atoms with Gasteiger partial charge in [-0.3, -0.25) is 0 Å². The molecule has 1 aromatic carbocycles. The van der Waals surface area contributed by atoms with E-state index in [4.69, 9.17) is 15.2 Å². The number of methoxy groups -OCH3 is 1. The molecule has 0 aliphatic heterocycles. The lowest BCUT2D eigenvalue weighted by molar-refractivity contribution is -0.174. The molecule has 0 heterocycles. The van der Waals surface area contributed by atoms with Crippen molar-refractivity contribution in [2.24, 2.45) is 5.73 Å². The Morgan fingerprint density at radius 2 is 1.91 bits per heavy atom. The lowest BCUT2D eigenvalue weighted by Gasteiger charge is -2.22. The number of hydrogen-bond donors (Lipinski definition) is 1. The molecule has 0 spiro atoms. The van der Waals surface area contributed by atoms with Gasteiger partial charge < -0.3 is 19.9 Å². The van der Waals surface area contributed by atoms with Crippen molar-refractivity contribution >= 4 is 18.4 Å². The molecule has 0 aromatic heterocycles. The number of hydrogen-bond acceptors (Lipinski definition) is 5. The maximum Gasteiger partial charge on any atom is 0.379 e. The van der Waals surface area contributed by atoms with Gasteiger partial charge in [-0.25, -0.2) is 4.79 Å². The second-order valence-corrected chi connectivity index (χ2v) is 4.16. The molecule has 0 saturated carbocycles. The van der Waals surface area contributed by atoms with Crippen LogP contribution < -0.4 is 15.2 Å². The highest BCUT2D eigenvalue weighted by atomic mass is 35.5. The van der Waals surface area contributed by atoms with Crippen LogP contribution >= 0.6 is 12.4 Å². The van der Waals surface area contributed by atoms with Crippen LogP contribution in [-0.4, -0.2) is 32.2 Å². The second kappa shape index (κ2) is 8.75. The van der Waals surface area contributed by atoms with E-state index in [-0.39, 0.29) is 30.3 Å². The molecule has 0 bridgehead atoms. The number of alkyl halides is 2. The predicted octanol–water partition coefficient (Wildman–Crippen LogP) is 2.71. The number of halogens is 3. The van der Waals surface area contributed by atoms with Gasteiger partial charge in [0.15, 0.2) is 11.5 Å². The molecule has 1 atom stereocenters. The lowest BCUT2D eigenvalue weighted by Crippen LogP contribution is -2.41. The second-order valence-electron chi connectivity index (χ2n) is 4.16. The molecule has 22 heavy (non-hydrogen) atoms. The van der Waals surface area contributed by atoms with E-state index in [1.54, 1.807) is 6.92 Å². The number of rotatable bonds is 7. The van der Waals surface area contributed by atoms with E-state index in [0.29, 0.717) is 12.4 Å². The molecule has 0 aliphatic carbocycles. The van der Waals surface area contributed by atoms with Gasteiger partial charge in [-0.05, 0) is 31.5 Å². The number of esters is 1. The quantitative estimate of drug-likeness (QED) is 0.773. The topological polar surface area (TPSA) is 70.8 Å². The van der Waals surface area contributed by atoms with Gasteiger partial charge >= 0.3 is 11.9 Å². The number of ether oxygens (including phenoxy) is 3. The van der Waals surface area contributed by atoms with Gasteiger partial charge in [0, 0.05) is 0 Å². The Bertz CT molecular complexity index is 500. The minimum Gasteiger partial charge on any atom is -0.493 e. The van der Waals surface area contributed by atoms with Gasteiger partial charge in [0.2, 0.25) is 0 Å². The van der Waals surface area contributed by atoms with Crippen molar-refractivity contribution in [3.63, 3.8) is 0 Å². The summed E-state index contributed by atoms with van der Waals surface area (Å²) in [5, 5.41) is 0. The van der Waals surface area contributed by atoms with Crippen LogP contribution in [0.1, 0.15) is 25.5 Å². The molecule has 5 nitrogen and oxygen atoms in total. The molecule has 0 fully saturated rings. The van der Waals surface area contributed by atoms with Crippen molar-refractivity contribution in [2.45, 2.75) is 25.8 Å². The third-order valence-corrected chi connectivity index (χ3v) is 2.78. The molecule has 0 radical (unpaired) electrons. The van der Waals surface area contributed by atoms with Crippen LogP contribution in [0.2, 0.25) is 0 Å². The zero-order valence-electron chi connectivity index (χ0n) is 12.6. The highest BCUT2D eigenvalue weighted by molar-refractivity contribution is 5.85. The first-order valence-corrected chi connectivity index (χ1v) is 6.49. The van der Waals surface area contributed by atoms with E-state index in [1.807, 2.05) is 0 Å². The van der Waals surface area contributed by atoms with Gasteiger partial charge in [-0.15, -0.1) is 12.4 Å². The van der Waals surface area contributed by atoms with Crippen LogP contribution in [0.3, 0.4) is 0 Å². The van der Waals surface area contributed by atoms with Gasteiger partial charge in [0.25, 0.3) is 0 Å². The molecule has 0 unspecified atom stereocenters. The molecule has 1 rings (SSSR count). The van der Waals surface area contributed by atoms with Crippen LogP contribution in [0, 0.1) is 0 Å². The summed E-state index contributed by atoms with van der Waals surface area (Å²) in [6.45, 7) is 3.39. The molecular weight excluding hydrogens is 320 g/mol. The van der Waals surface area contributed by atoms with Gasteiger partial charge in [0.05, 0.1) is 20.3 Å². The fourth-order valence-electron chi connectivity index (χ4n) is 1.72. The summed E-state index contributed by atoms with van der Waals surface area (Å²) in [4.78, 5) is 11.3. The van der Waals surface area contributed by atoms with E-state index >= 15 is 0 Å². The average Bonchev–Trinajstić information content (AvgIpc) is 2.47. The van der Waals surface area contributed by atoms with Crippen LogP contribution in [-0.2, 0) is 9.53 Å². The summed E-state index contributed by atoms with van der Waals surface area (Å²) >= 11 is 0. The molecule has 0 saturated heterocycles. The first-order valence-electron chi connectivity index (χ1n) is 6.49. The molecular formula is C14H20ClF2NO4. The van der Waals surface area contributed by atoms with Crippen LogP contribution in [0.15, 0.2) is 18.2 Å². The highest BCUT2D eigenvalue weighted by Crippen LogP contribution is 2.35. The van der Waals surface area contributed by atoms with Gasteiger partial charge in [-0.2, -0.15) is 8.78 Å². The Morgan fingerprint density at radius 3 is 2.41 bits per heavy atom. The molecule has 8 heteroatoms. The largest absolute Gasteiger partial charge is 0.493 e. The zero-order valence-corrected chi connectivity index (χ0v) is 13.4. The summed E-state index contributed by atoms with van der Waals surface area (Å²) in [5.41, 5.74) is 5.57. The molecule has 1 aromatic rings. The van der Waals surface area contributed by atoms with Crippen molar-refractivity contribution in [1.29, 1.82) is 0 Å². The highest BCUT2D eigenvalue weighted by Gasteiger charge is 2.47. The predicted molar refractivity (Wildman–Crippen MR) is 79.9 cm³/mol. The van der Waals surface area contributed by atoms with E-state index in [9.17, 15) is 13.6 Å². The Hall–Kier alpha value is -1.60. The van der Waals surface area contributed by atoms with Crippen molar-refractivity contribution < 1.29 is 27.8 Å². The van der Waals surface area contributed by atoms with Gasteiger partial charge in [-0.1, -0.05) is 6.07 Å². The third kappa shape index (κ3) is 4.45. The summed E-state index contributed by atoms with van der Waals surface area (Å²) in [7, 11) is 1.44. The van der Waals surface area contributed by atoms with Crippen molar-refractivity contribution in [1.82, 2.24) is 0 Å². The smallest absolute Gasteiger partial charge is 0.379 e. The minimum absolute atomic E-state index is 0. The Labute approximate surface area is 134 Å². The monoisotopic (exact) mass is 339 g/mol. The summed E-state index contributed by atoms with van der Waals surface area (Å²) in [5.74, 6) is -4.79. The maximum absolute atomic E-state index is 13.9. The van der Waals surface area contributed by atoms with Gasteiger partial charge in [0.1, 0.15) is 6.04 Å². The molecule has 0 amide bonds. The standard InChI is InChI=1S/C14H19F2NO4.ClH/c1-4-20-11-8-9(6-7-10(11)19-3)12(17)14(15,16)13(18)21-5-2;/h6-8,12H,4-5,17H2,1-3H3;1H/t12-;/m1./s1. The summed E-state index contributed by atoms with van der Waals surface area (Å²) < 4.78 is 42.5. The fraction of sp³-hybridized carbons (Fsp3) is 0.500. The number of carbonyl (C=O) groups excluding carboxylic acids is 1. The molecule has 126 valence electrons. The van der Waals surface area contributed by atoms with E-state index < -0.39 is 17.9 Å². The third-order valence-electron chi connectivity index (χ3n) is 2.78. The van der Waals surface area contributed by atoms with Crippen molar-refractivity contribution in [3.8, 4) is 11.5 Å². The maximum atomic E-state index is 13.9. The van der Waals surface area contributed by atoms with E-state index in [2.05, 4.69) is 4.74 Å². The molecule has 2 N–H and O–H groups in total. The Kier molecular flexibility index (Phi) is 8.11. The zero-order chi connectivity index (χ0) is 16.0. The first kappa shape index (κ1) is 20.4. The summed E-state index contributed by atoms with van der Waals surface area (Å²) in [6.07, 6.45) is 0. The Morgan fingerprint density at radius 1 is 1.27 bits per heavy atom. The Balaban J connectivity index is 0.00000441. The van der Waals surface area contributed by atoms with Crippen molar-refractivity contribution in [2.75, 3.05) is 20.3 Å². The number of benzene rings is 1. The number of nitrogens with two attached hydrogens (primary N) is 1. The average molecular weight is 340 g/mol. The molecule has 0 aliphatic rings. The first-order chi connectivity index (χ1) is 9.88. The SMILES string of the molecule is CCOC(=O)C(F)(F)[C@H](N)c1ccc(OC)c(OCC)c1.Cl. The van der Waals surface area contributed by atoms with Crippen molar-refractivity contribution in [3.05, 3.63) is 23.8 Å². The lowest BCUT2D eigenvalue weighted by atomic mass is 10.0. The number of carbonyl (C=O) groups is 1. The van der Waals surface area contributed by atoms with E-state index in [0.717, 1.165) is 0 Å². The van der Waals surface area contributed by atoms with Crippen LogP contribution in [0.4, 0.5) is 8.78 Å². The van der Waals surface area contributed by atoms with E-state index in [1.165, 1.54) is 32.2 Å². The normalized spacial score (nSPS) is 12.1. The fourth-order valence-corrected chi connectivity index (χ4v) is 1.72. The van der Waals surface area contributed by atoms with Crippen LogP contribution in [0.5, 0.6) is 11.5 Å². The van der Waals surface area contributed by atoms with Crippen LogP contribution in [0.25, 0.3) is 0 Å². The minimum atomic E-state index is -3.83. The summed E-state index contributed by atoms with van der Waals surface area (Å²) in [6, 6.07) is 2.32.